The average molecular weight is 275 g/mol. The molecule has 0 atom stereocenters. The summed E-state index contributed by atoms with van der Waals surface area (Å²) >= 11 is 0. The second-order valence-electron chi connectivity index (χ2n) is 5.62. The highest BCUT2D eigenvalue weighted by Gasteiger charge is 2.20. The van der Waals surface area contributed by atoms with E-state index in [1.54, 1.807) is 0 Å². The van der Waals surface area contributed by atoms with E-state index in [1.165, 1.54) is 12.8 Å². The van der Waals surface area contributed by atoms with Crippen molar-refractivity contribution in [2.45, 2.75) is 45.4 Å². The molecule has 20 heavy (non-hydrogen) atoms. The first kappa shape index (κ1) is 13.4. The van der Waals surface area contributed by atoms with E-state index in [4.69, 9.17) is 8.94 Å². The molecule has 0 aromatic carbocycles. The Morgan fingerprint density at radius 2 is 2.10 bits per heavy atom. The molecule has 0 bridgehead atoms. The standard InChI is InChI=1S/C15H21N3O2/c1-11-3-6-14(19-11)9-18(2)10-15-7-13(17-20-15)8-16-12-4-5-12/h3,6-7,12,16H,4-5,8-10H2,1-2H3. The van der Waals surface area contributed by atoms with Gasteiger partial charge >= 0.3 is 0 Å². The summed E-state index contributed by atoms with van der Waals surface area (Å²) in [6.45, 7) is 4.26. The zero-order valence-electron chi connectivity index (χ0n) is 12.1. The maximum atomic E-state index is 5.57. The Morgan fingerprint density at radius 3 is 2.80 bits per heavy atom. The second-order valence-corrected chi connectivity index (χ2v) is 5.62. The third-order valence-electron chi connectivity index (χ3n) is 3.40. The molecular weight excluding hydrogens is 254 g/mol. The number of rotatable bonds is 7. The number of nitrogens with one attached hydrogen (secondary N) is 1. The molecule has 2 heterocycles. The predicted octanol–water partition coefficient (Wildman–Crippen LogP) is 2.46. The Kier molecular flexibility index (Phi) is 3.89. The van der Waals surface area contributed by atoms with Crippen molar-refractivity contribution in [3.63, 3.8) is 0 Å². The van der Waals surface area contributed by atoms with Crippen LogP contribution in [0.15, 0.2) is 27.1 Å². The Hall–Kier alpha value is -1.59. The average Bonchev–Trinajstić information content (AvgIpc) is 3.00. The molecule has 0 spiro atoms. The molecule has 0 unspecified atom stereocenters. The largest absolute Gasteiger partial charge is 0.465 e. The maximum absolute atomic E-state index is 5.57. The van der Waals surface area contributed by atoms with E-state index < -0.39 is 0 Å². The van der Waals surface area contributed by atoms with Crippen LogP contribution in [0.2, 0.25) is 0 Å². The van der Waals surface area contributed by atoms with Gasteiger partial charge in [0.15, 0.2) is 5.76 Å². The van der Waals surface area contributed by atoms with Crippen molar-refractivity contribution in [2.75, 3.05) is 7.05 Å². The number of aryl methyl sites for hydroxylation is 1. The van der Waals surface area contributed by atoms with E-state index in [9.17, 15) is 0 Å². The van der Waals surface area contributed by atoms with Crippen molar-refractivity contribution in [1.29, 1.82) is 0 Å². The first-order chi connectivity index (χ1) is 9.69. The molecule has 0 aliphatic heterocycles. The molecule has 2 aromatic rings. The molecule has 1 saturated carbocycles. The zero-order valence-corrected chi connectivity index (χ0v) is 12.1. The topological polar surface area (TPSA) is 54.4 Å². The van der Waals surface area contributed by atoms with E-state index in [2.05, 4.69) is 15.4 Å². The molecule has 0 saturated heterocycles. The third-order valence-corrected chi connectivity index (χ3v) is 3.40. The lowest BCUT2D eigenvalue weighted by Crippen LogP contribution is -2.16. The van der Waals surface area contributed by atoms with Gasteiger partial charge in [-0.25, -0.2) is 0 Å². The Bertz CT molecular complexity index is 557. The number of hydrogen-bond acceptors (Lipinski definition) is 5. The Labute approximate surface area is 118 Å². The summed E-state index contributed by atoms with van der Waals surface area (Å²) in [4.78, 5) is 2.15. The van der Waals surface area contributed by atoms with Crippen LogP contribution in [0.5, 0.6) is 0 Å². The molecule has 5 nitrogen and oxygen atoms in total. The highest BCUT2D eigenvalue weighted by atomic mass is 16.5. The molecule has 0 radical (unpaired) electrons. The minimum absolute atomic E-state index is 0.694. The van der Waals surface area contributed by atoms with Crippen LogP contribution >= 0.6 is 0 Å². The van der Waals surface area contributed by atoms with Gasteiger partial charge in [0.1, 0.15) is 11.5 Å². The minimum Gasteiger partial charge on any atom is -0.465 e. The maximum Gasteiger partial charge on any atom is 0.151 e. The molecule has 1 fully saturated rings. The highest BCUT2D eigenvalue weighted by molar-refractivity contribution is 5.07. The highest BCUT2D eigenvalue weighted by Crippen LogP contribution is 2.19. The van der Waals surface area contributed by atoms with E-state index in [-0.39, 0.29) is 0 Å². The van der Waals surface area contributed by atoms with Crippen molar-refractivity contribution in [1.82, 2.24) is 15.4 Å². The van der Waals surface area contributed by atoms with E-state index in [0.29, 0.717) is 6.04 Å². The molecule has 5 heteroatoms. The summed E-state index contributed by atoms with van der Waals surface area (Å²) < 4.78 is 10.9. The predicted molar refractivity (Wildman–Crippen MR) is 75.0 cm³/mol. The quantitative estimate of drug-likeness (QED) is 0.841. The van der Waals surface area contributed by atoms with Gasteiger partial charge in [-0.2, -0.15) is 0 Å². The summed E-state index contributed by atoms with van der Waals surface area (Å²) in [6, 6.07) is 6.72. The van der Waals surface area contributed by atoms with Gasteiger partial charge in [0.05, 0.1) is 18.8 Å². The van der Waals surface area contributed by atoms with Gasteiger partial charge in [-0.1, -0.05) is 5.16 Å². The fourth-order valence-electron chi connectivity index (χ4n) is 2.21. The fraction of sp³-hybridized carbons (Fsp3) is 0.533. The van der Waals surface area contributed by atoms with Gasteiger partial charge in [0, 0.05) is 18.7 Å². The summed E-state index contributed by atoms with van der Waals surface area (Å²) in [5.41, 5.74) is 0.981. The van der Waals surface area contributed by atoms with Crippen molar-refractivity contribution >= 4 is 0 Å². The van der Waals surface area contributed by atoms with Gasteiger partial charge in [0.25, 0.3) is 0 Å². The van der Waals surface area contributed by atoms with Crippen molar-refractivity contribution in [2.24, 2.45) is 0 Å². The van der Waals surface area contributed by atoms with E-state index in [1.807, 2.05) is 32.2 Å². The van der Waals surface area contributed by atoms with Crippen LogP contribution in [0.4, 0.5) is 0 Å². The van der Waals surface area contributed by atoms with Crippen LogP contribution < -0.4 is 5.32 Å². The van der Waals surface area contributed by atoms with Gasteiger partial charge in [-0.15, -0.1) is 0 Å². The smallest absolute Gasteiger partial charge is 0.151 e. The van der Waals surface area contributed by atoms with Crippen LogP contribution in [-0.2, 0) is 19.6 Å². The van der Waals surface area contributed by atoms with Gasteiger partial charge in [0.2, 0.25) is 0 Å². The summed E-state index contributed by atoms with van der Waals surface area (Å²) in [5.74, 6) is 2.81. The van der Waals surface area contributed by atoms with E-state index in [0.717, 1.165) is 42.6 Å². The first-order valence-electron chi connectivity index (χ1n) is 7.11. The lowest BCUT2D eigenvalue weighted by Gasteiger charge is -2.12. The van der Waals surface area contributed by atoms with Crippen molar-refractivity contribution in [3.8, 4) is 0 Å². The molecule has 0 amide bonds. The molecule has 1 aliphatic carbocycles. The van der Waals surface area contributed by atoms with Gasteiger partial charge < -0.3 is 14.3 Å². The first-order valence-corrected chi connectivity index (χ1v) is 7.11. The van der Waals surface area contributed by atoms with Crippen LogP contribution in [0.3, 0.4) is 0 Å². The monoisotopic (exact) mass is 275 g/mol. The molecule has 2 aromatic heterocycles. The fourth-order valence-corrected chi connectivity index (χ4v) is 2.21. The van der Waals surface area contributed by atoms with E-state index >= 15 is 0 Å². The Morgan fingerprint density at radius 1 is 1.30 bits per heavy atom. The summed E-state index contributed by atoms with van der Waals surface area (Å²) in [5, 5.41) is 7.52. The van der Waals surface area contributed by atoms with Crippen LogP contribution in [0, 0.1) is 6.92 Å². The van der Waals surface area contributed by atoms with Crippen LogP contribution in [0.25, 0.3) is 0 Å². The zero-order chi connectivity index (χ0) is 13.9. The molecule has 3 rings (SSSR count). The third kappa shape index (κ3) is 3.71. The molecule has 1 aliphatic rings. The van der Waals surface area contributed by atoms with Gasteiger partial charge in [-0.3, -0.25) is 4.90 Å². The summed E-state index contributed by atoms with van der Waals surface area (Å²) in [7, 11) is 2.04. The minimum atomic E-state index is 0.694. The Balaban J connectivity index is 1.48. The normalized spacial score (nSPS) is 15.2. The number of hydrogen-bond donors (Lipinski definition) is 1. The lowest BCUT2D eigenvalue weighted by atomic mass is 10.3. The number of aromatic nitrogens is 1. The second kappa shape index (κ2) is 5.81. The SMILES string of the molecule is Cc1ccc(CN(C)Cc2cc(CNC3CC3)no2)o1. The molecular formula is C15H21N3O2. The van der Waals surface area contributed by atoms with Crippen LogP contribution in [0.1, 0.15) is 35.8 Å². The lowest BCUT2D eigenvalue weighted by molar-refractivity contribution is 0.247. The molecule has 1 N–H and O–H groups in total. The summed E-state index contributed by atoms with van der Waals surface area (Å²) in [6.07, 6.45) is 2.58. The number of furan rings is 1. The van der Waals surface area contributed by atoms with Gasteiger partial charge in [-0.05, 0) is 38.9 Å². The van der Waals surface area contributed by atoms with Crippen LogP contribution in [-0.4, -0.2) is 23.1 Å². The molecule has 108 valence electrons. The van der Waals surface area contributed by atoms with Crippen molar-refractivity contribution in [3.05, 3.63) is 41.2 Å². The van der Waals surface area contributed by atoms with Crippen molar-refractivity contribution < 1.29 is 8.94 Å². The number of nitrogens with zero attached hydrogens (tertiary/aromatic N) is 2.